The molecular weight excluding hydrogens is 234 g/mol. The predicted molar refractivity (Wildman–Crippen MR) is 80.7 cm³/mol. The molecule has 0 radical (unpaired) electrons. The molecule has 0 unspecified atom stereocenters. The van der Waals surface area contributed by atoms with Crippen LogP contribution in [0.4, 0.5) is 0 Å². The molecule has 0 atom stereocenters. The monoisotopic (exact) mass is 259 g/mol. The lowest BCUT2D eigenvalue weighted by Gasteiger charge is -2.23. The number of rotatable bonds is 7. The number of para-hydroxylation sites is 1. The Hall–Kier alpha value is -1.28. The third-order valence-corrected chi connectivity index (χ3v) is 3.73. The van der Waals surface area contributed by atoms with E-state index in [1.807, 2.05) is 24.3 Å². The van der Waals surface area contributed by atoms with Crippen molar-refractivity contribution < 1.29 is 4.74 Å². The summed E-state index contributed by atoms with van der Waals surface area (Å²) in [6, 6.07) is 8.92. The zero-order valence-electron chi connectivity index (χ0n) is 11.7. The molecule has 1 saturated carbocycles. The normalized spacial score (nSPS) is 16.2. The Kier molecular flexibility index (Phi) is 5.96. The number of benzene rings is 1. The van der Waals surface area contributed by atoms with Gasteiger partial charge >= 0.3 is 0 Å². The Labute approximate surface area is 116 Å². The minimum absolute atomic E-state index is 0.709. The van der Waals surface area contributed by atoms with Crippen molar-refractivity contribution in [1.82, 2.24) is 5.32 Å². The summed E-state index contributed by atoms with van der Waals surface area (Å²) in [6.45, 7) is 5.47. The van der Waals surface area contributed by atoms with Crippen LogP contribution in [0.1, 0.15) is 37.7 Å². The van der Waals surface area contributed by atoms with Crippen molar-refractivity contribution in [3.63, 3.8) is 0 Å². The SMILES string of the molecule is C=CCc1ccccc1OCCNC1CCCCC1. The molecule has 0 saturated heterocycles. The molecular formula is C17H25NO. The van der Waals surface area contributed by atoms with Gasteiger partial charge in [0.05, 0.1) is 0 Å². The molecule has 2 rings (SSSR count). The van der Waals surface area contributed by atoms with Crippen molar-refractivity contribution in [3.8, 4) is 5.75 Å². The van der Waals surface area contributed by atoms with Crippen LogP contribution in [0.3, 0.4) is 0 Å². The summed E-state index contributed by atoms with van der Waals surface area (Å²) in [5, 5.41) is 3.60. The first-order valence-electron chi connectivity index (χ1n) is 7.45. The van der Waals surface area contributed by atoms with Crippen LogP contribution in [-0.4, -0.2) is 19.2 Å². The molecule has 1 fully saturated rings. The summed E-state index contributed by atoms with van der Waals surface area (Å²) in [5.41, 5.74) is 1.22. The molecule has 19 heavy (non-hydrogen) atoms. The number of hydrogen-bond acceptors (Lipinski definition) is 2. The summed E-state index contributed by atoms with van der Waals surface area (Å²) < 4.78 is 5.87. The van der Waals surface area contributed by atoms with Crippen LogP contribution in [0.25, 0.3) is 0 Å². The van der Waals surface area contributed by atoms with Gasteiger partial charge in [-0.15, -0.1) is 6.58 Å². The standard InChI is InChI=1S/C17H25NO/c1-2-8-15-9-6-7-12-17(15)19-14-13-18-16-10-4-3-5-11-16/h2,6-7,9,12,16,18H,1,3-5,8,10-11,13-14H2. The fourth-order valence-electron chi connectivity index (χ4n) is 2.70. The lowest BCUT2D eigenvalue weighted by molar-refractivity contribution is 0.287. The number of allylic oxidation sites excluding steroid dienone is 1. The smallest absolute Gasteiger partial charge is 0.122 e. The summed E-state index contributed by atoms with van der Waals surface area (Å²) in [4.78, 5) is 0. The van der Waals surface area contributed by atoms with Crippen LogP contribution in [0.5, 0.6) is 5.75 Å². The quantitative estimate of drug-likeness (QED) is 0.595. The second-order valence-electron chi connectivity index (χ2n) is 5.24. The summed E-state index contributed by atoms with van der Waals surface area (Å²) >= 11 is 0. The molecule has 2 nitrogen and oxygen atoms in total. The first-order valence-corrected chi connectivity index (χ1v) is 7.45. The highest BCUT2D eigenvalue weighted by molar-refractivity contribution is 5.34. The van der Waals surface area contributed by atoms with Gasteiger partial charge in [-0.3, -0.25) is 0 Å². The second-order valence-corrected chi connectivity index (χ2v) is 5.24. The van der Waals surface area contributed by atoms with Crippen LogP contribution in [0.2, 0.25) is 0 Å². The molecule has 104 valence electrons. The van der Waals surface area contributed by atoms with E-state index >= 15 is 0 Å². The highest BCUT2D eigenvalue weighted by Crippen LogP contribution is 2.19. The predicted octanol–water partition coefficient (Wildman–Crippen LogP) is 3.72. The molecule has 0 aromatic heterocycles. The Morgan fingerprint density at radius 1 is 1.21 bits per heavy atom. The third-order valence-electron chi connectivity index (χ3n) is 3.73. The maximum atomic E-state index is 5.87. The summed E-state index contributed by atoms with van der Waals surface area (Å²) in [7, 11) is 0. The van der Waals surface area contributed by atoms with Gasteiger partial charge in [-0.05, 0) is 30.9 Å². The second kappa shape index (κ2) is 8.00. The van der Waals surface area contributed by atoms with Gasteiger partial charge in [-0.2, -0.15) is 0 Å². The van der Waals surface area contributed by atoms with E-state index in [0.29, 0.717) is 6.04 Å². The van der Waals surface area contributed by atoms with E-state index in [0.717, 1.165) is 25.3 Å². The Morgan fingerprint density at radius 3 is 2.79 bits per heavy atom. The van der Waals surface area contributed by atoms with E-state index in [9.17, 15) is 0 Å². The van der Waals surface area contributed by atoms with E-state index in [-0.39, 0.29) is 0 Å². The largest absolute Gasteiger partial charge is 0.492 e. The first kappa shape index (κ1) is 14.1. The molecule has 0 spiro atoms. The number of nitrogens with one attached hydrogen (secondary N) is 1. The van der Waals surface area contributed by atoms with Gasteiger partial charge < -0.3 is 10.1 Å². The van der Waals surface area contributed by atoms with Gasteiger partial charge in [-0.25, -0.2) is 0 Å². The minimum Gasteiger partial charge on any atom is -0.492 e. The van der Waals surface area contributed by atoms with Crippen LogP contribution in [-0.2, 0) is 6.42 Å². The molecule has 0 amide bonds. The van der Waals surface area contributed by atoms with Gasteiger partial charge in [-0.1, -0.05) is 43.5 Å². The van der Waals surface area contributed by atoms with Crippen LogP contribution < -0.4 is 10.1 Å². The zero-order valence-corrected chi connectivity index (χ0v) is 11.7. The Balaban J connectivity index is 1.71. The van der Waals surface area contributed by atoms with Crippen LogP contribution in [0.15, 0.2) is 36.9 Å². The molecule has 1 aromatic carbocycles. The maximum Gasteiger partial charge on any atom is 0.122 e. The highest BCUT2D eigenvalue weighted by atomic mass is 16.5. The van der Waals surface area contributed by atoms with Gasteiger partial charge in [0, 0.05) is 12.6 Å². The number of ether oxygens (including phenoxy) is 1. The molecule has 0 aliphatic heterocycles. The van der Waals surface area contributed by atoms with E-state index in [2.05, 4.69) is 18.0 Å². The highest BCUT2D eigenvalue weighted by Gasteiger charge is 2.11. The van der Waals surface area contributed by atoms with E-state index in [1.165, 1.54) is 37.7 Å². The average molecular weight is 259 g/mol. The molecule has 2 heteroatoms. The Morgan fingerprint density at radius 2 is 2.00 bits per heavy atom. The fourth-order valence-corrected chi connectivity index (χ4v) is 2.70. The average Bonchev–Trinajstić information content (AvgIpc) is 2.47. The van der Waals surface area contributed by atoms with Crippen LogP contribution >= 0.6 is 0 Å². The van der Waals surface area contributed by atoms with Gasteiger partial charge in [0.2, 0.25) is 0 Å². The van der Waals surface area contributed by atoms with Gasteiger partial charge in [0.25, 0.3) is 0 Å². The summed E-state index contributed by atoms with van der Waals surface area (Å²) in [6.07, 6.45) is 9.60. The van der Waals surface area contributed by atoms with Crippen molar-refractivity contribution in [2.75, 3.05) is 13.2 Å². The molecule has 1 aromatic rings. The van der Waals surface area contributed by atoms with Crippen molar-refractivity contribution in [1.29, 1.82) is 0 Å². The third kappa shape index (κ3) is 4.71. The molecule has 1 aliphatic rings. The van der Waals surface area contributed by atoms with E-state index in [1.54, 1.807) is 0 Å². The molecule has 1 N–H and O–H groups in total. The topological polar surface area (TPSA) is 21.3 Å². The molecule has 1 aliphatic carbocycles. The van der Waals surface area contributed by atoms with Gasteiger partial charge in [0.15, 0.2) is 0 Å². The van der Waals surface area contributed by atoms with Crippen LogP contribution in [0, 0.1) is 0 Å². The molecule has 0 bridgehead atoms. The van der Waals surface area contributed by atoms with E-state index < -0.39 is 0 Å². The summed E-state index contributed by atoms with van der Waals surface area (Å²) in [5.74, 6) is 0.993. The van der Waals surface area contributed by atoms with E-state index in [4.69, 9.17) is 4.74 Å². The minimum atomic E-state index is 0.709. The maximum absolute atomic E-state index is 5.87. The molecule has 0 heterocycles. The van der Waals surface area contributed by atoms with Crippen molar-refractivity contribution in [3.05, 3.63) is 42.5 Å². The first-order chi connectivity index (χ1) is 9.40. The number of hydrogen-bond donors (Lipinski definition) is 1. The van der Waals surface area contributed by atoms with Crippen molar-refractivity contribution in [2.24, 2.45) is 0 Å². The van der Waals surface area contributed by atoms with Crippen molar-refractivity contribution in [2.45, 2.75) is 44.6 Å². The Bertz CT molecular complexity index is 383. The fraction of sp³-hybridized carbons (Fsp3) is 0.529. The lowest BCUT2D eigenvalue weighted by atomic mass is 9.96. The van der Waals surface area contributed by atoms with Crippen molar-refractivity contribution >= 4 is 0 Å². The zero-order chi connectivity index (χ0) is 13.3. The lowest BCUT2D eigenvalue weighted by Crippen LogP contribution is -2.34. The van der Waals surface area contributed by atoms with Gasteiger partial charge in [0.1, 0.15) is 12.4 Å².